The number of carbonyl (C=O) groups excluding carboxylic acids is 1. The molecule has 3 rings (SSSR count). The third-order valence-electron chi connectivity index (χ3n) is 4.85. The number of benzene rings is 2. The molecule has 2 atom stereocenters. The van der Waals surface area contributed by atoms with Crippen LogP contribution in [0.1, 0.15) is 23.5 Å². The average Bonchev–Trinajstić information content (AvgIpc) is 3.06. The van der Waals surface area contributed by atoms with Crippen LogP contribution >= 0.6 is 0 Å². The number of ether oxygens (including phenoxy) is 3. The lowest BCUT2D eigenvalue weighted by Crippen LogP contribution is -2.49. The lowest BCUT2D eigenvalue weighted by atomic mass is 9.89. The summed E-state index contributed by atoms with van der Waals surface area (Å²) in [5, 5.41) is 3.05. The predicted octanol–water partition coefficient (Wildman–Crippen LogP) is 2.81. The minimum atomic E-state index is -1.12. The van der Waals surface area contributed by atoms with E-state index >= 15 is 0 Å². The van der Waals surface area contributed by atoms with E-state index < -0.39 is 5.79 Å². The van der Waals surface area contributed by atoms with Gasteiger partial charge in [-0.25, -0.2) is 0 Å². The first-order valence-corrected chi connectivity index (χ1v) is 8.25. The zero-order chi connectivity index (χ0) is 17.9. The van der Waals surface area contributed by atoms with E-state index in [1.807, 2.05) is 54.6 Å². The molecule has 1 fully saturated rings. The van der Waals surface area contributed by atoms with Crippen LogP contribution in [-0.4, -0.2) is 33.3 Å². The first-order chi connectivity index (χ1) is 12.2. The van der Waals surface area contributed by atoms with Crippen molar-refractivity contribution in [2.24, 2.45) is 0 Å². The summed E-state index contributed by atoms with van der Waals surface area (Å²) >= 11 is 0. The normalized spacial score (nSPS) is 20.4. The maximum atomic E-state index is 12.6. The zero-order valence-electron chi connectivity index (χ0n) is 14.7. The van der Waals surface area contributed by atoms with Crippen LogP contribution in [-0.2, 0) is 20.1 Å². The number of nitrogens with one attached hydrogen (secondary N) is 1. The van der Waals surface area contributed by atoms with Crippen LogP contribution in [0.4, 0.5) is 0 Å². The molecule has 0 aliphatic carbocycles. The lowest BCUT2D eigenvalue weighted by Gasteiger charge is -2.37. The van der Waals surface area contributed by atoms with Gasteiger partial charge >= 0.3 is 0 Å². The second kappa shape index (κ2) is 7.25. The van der Waals surface area contributed by atoms with Gasteiger partial charge in [0.05, 0.1) is 24.6 Å². The lowest BCUT2D eigenvalue weighted by molar-refractivity contribution is -0.233. The average molecular weight is 341 g/mol. The van der Waals surface area contributed by atoms with Crippen LogP contribution in [0.2, 0.25) is 0 Å². The molecule has 1 N–H and O–H groups in total. The largest absolute Gasteiger partial charge is 0.496 e. The van der Waals surface area contributed by atoms with E-state index in [4.69, 9.17) is 14.2 Å². The Kier molecular flexibility index (Phi) is 5.06. The molecule has 2 aromatic carbocycles. The van der Waals surface area contributed by atoms with Gasteiger partial charge < -0.3 is 19.5 Å². The van der Waals surface area contributed by atoms with Gasteiger partial charge in [-0.05, 0) is 24.1 Å². The summed E-state index contributed by atoms with van der Waals surface area (Å²) in [7, 11) is 4.77. The van der Waals surface area contributed by atoms with Crippen LogP contribution in [0.15, 0.2) is 54.6 Å². The maximum absolute atomic E-state index is 12.6. The minimum Gasteiger partial charge on any atom is -0.496 e. The molecule has 1 aliphatic rings. The van der Waals surface area contributed by atoms with Gasteiger partial charge in [0, 0.05) is 14.2 Å². The number of hydrogen-bond donors (Lipinski definition) is 1. The number of amides is 1. The van der Waals surface area contributed by atoms with E-state index in [2.05, 4.69) is 5.32 Å². The molecule has 0 spiro atoms. The molecule has 5 nitrogen and oxygen atoms in total. The molecule has 0 bridgehead atoms. The van der Waals surface area contributed by atoms with E-state index in [-0.39, 0.29) is 17.9 Å². The Morgan fingerprint density at radius 2 is 1.60 bits per heavy atom. The van der Waals surface area contributed by atoms with Gasteiger partial charge in [-0.2, -0.15) is 0 Å². The van der Waals surface area contributed by atoms with Crippen molar-refractivity contribution in [3.8, 4) is 5.75 Å². The Balaban J connectivity index is 1.98. The fourth-order valence-corrected chi connectivity index (χ4v) is 3.60. The molecule has 132 valence electrons. The molecule has 1 amide bonds. The number of hydrogen-bond acceptors (Lipinski definition) is 4. The molecular weight excluding hydrogens is 318 g/mol. The van der Waals surface area contributed by atoms with Crippen LogP contribution < -0.4 is 10.1 Å². The molecule has 25 heavy (non-hydrogen) atoms. The smallest absolute Gasteiger partial charge is 0.228 e. The number of rotatable bonds is 6. The predicted molar refractivity (Wildman–Crippen MR) is 94.4 cm³/mol. The SMILES string of the molecule is COc1ccccc1C(OC)(OC)C1CC(c2ccccc2)C(=O)N1. The van der Waals surface area contributed by atoms with Gasteiger partial charge in [0.1, 0.15) is 5.75 Å². The third kappa shape index (κ3) is 3.01. The Morgan fingerprint density at radius 1 is 0.960 bits per heavy atom. The molecule has 2 unspecified atom stereocenters. The number of carbonyl (C=O) groups is 1. The number of para-hydroxylation sites is 1. The van der Waals surface area contributed by atoms with Gasteiger partial charge in [0.15, 0.2) is 0 Å². The van der Waals surface area contributed by atoms with E-state index in [9.17, 15) is 4.79 Å². The van der Waals surface area contributed by atoms with E-state index in [1.165, 1.54) is 0 Å². The Hall–Kier alpha value is -2.37. The van der Waals surface area contributed by atoms with Crippen LogP contribution in [0.25, 0.3) is 0 Å². The summed E-state index contributed by atoms with van der Waals surface area (Å²) in [6, 6.07) is 17.0. The van der Waals surface area contributed by atoms with Gasteiger partial charge in [-0.15, -0.1) is 0 Å². The van der Waals surface area contributed by atoms with E-state index in [0.717, 1.165) is 11.1 Å². The van der Waals surface area contributed by atoms with Crippen molar-refractivity contribution in [2.45, 2.75) is 24.2 Å². The van der Waals surface area contributed by atoms with Crippen molar-refractivity contribution >= 4 is 5.91 Å². The quantitative estimate of drug-likeness (QED) is 0.821. The summed E-state index contributed by atoms with van der Waals surface area (Å²) in [5.74, 6) is -0.718. The molecular formula is C20H23NO4. The van der Waals surface area contributed by atoms with Crippen molar-refractivity contribution in [1.29, 1.82) is 0 Å². The molecule has 1 aliphatic heterocycles. The topological polar surface area (TPSA) is 56.8 Å². The zero-order valence-corrected chi connectivity index (χ0v) is 14.7. The second-order valence-electron chi connectivity index (χ2n) is 6.04. The summed E-state index contributed by atoms with van der Waals surface area (Å²) in [4.78, 5) is 12.6. The van der Waals surface area contributed by atoms with Crippen LogP contribution in [0, 0.1) is 0 Å². The second-order valence-corrected chi connectivity index (χ2v) is 6.04. The molecule has 0 saturated carbocycles. The summed E-state index contributed by atoms with van der Waals surface area (Å²) in [5.41, 5.74) is 1.74. The third-order valence-corrected chi connectivity index (χ3v) is 4.85. The van der Waals surface area contributed by atoms with Gasteiger partial charge in [-0.1, -0.05) is 42.5 Å². The monoisotopic (exact) mass is 341 g/mol. The van der Waals surface area contributed by atoms with Crippen molar-refractivity contribution in [3.63, 3.8) is 0 Å². The van der Waals surface area contributed by atoms with Gasteiger partial charge in [-0.3, -0.25) is 4.79 Å². The first kappa shape index (κ1) is 17.5. The van der Waals surface area contributed by atoms with Crippen LogP contribution in [0.3, 0.4) is 0 Å². The Labute approximate surface area is 147 Å². The molecule has 2 aromatic rings. The molecule has 1 heterocycles. The fourth-order valence-electron chi connectivity index (χ4n) is 3.60. The van der Waals surface area contributed by atoms with E-state index in [1.54, 1.807) is 21.3 Å². The standard InChI is InChI=1S/C20H23NO4/c1-23-17-12-8-7-11-16(17)20(24-2,25-3)18-13-15(19(22)21-18)14-9-5-4-6-10-14/h4-12,15,18H,13H2,1-3H3,(H,21,22). The van der Waals surface area contributed by atoms with E-state index in [0.29, 0.717) is 12.2 Å². The summed E-state index contributed by atoms with van der Waals surface area (Å²) < 4.78 is 17.1. The highest BCUT2D eigenvalue weighted by Crippen LogP contribution is 2.42. The summed E-state index contributed by atoms with van der Waals surface area (Å²) in [6.45, 7) is 0. The maximum Gasteiger partial charge on any atom is 0.228 e. The van der Waals surface area contributed by atoms with Crippen LogP contribution in [0.5, 0.6) is 5.75 Å². The van der Waals surface area contributed by atoms with Crippen molar-refractivity contribution in [2.75, 3.05) is 21.3 Å². The Morgan fingerprint density at radius 3 is 2.24 bits per heavy atom. The van der Waals surface area contributed by atoms with Crippen molar-refractivity contribution < 1.29 is 19.0 Å². The van der Waals surface area contributed by atoms with Crippen molar-refractivity contribution in [1.82, 2.24) is 5.32 Å². The fraction of sp³-hybridized carbons (Fsp3) is 0.350. The number of methoxy groups -OCH3 is 3. The minimum absolute atomic E-state index is 0.0235. The Bertz CT molecular complexity index is 727. The van der Waals surface area contributed by atoms with Gasteiger partial charge in [0.25, 0.3) is 0 Å². The highest BCUT2D eigenvalue weighted by Gasteiger charge is 2.49. The molecule has 1 saturated heterocycles. The molecule has 5 heteroatoms. The molecule has 0 aromatic heterocycles. The summed E-state index contributed by atoms with van der Waals surface area (Å²) in [6.07, 6.45) is 0.572. The van der Waals surface area contributed by atoms with Crippen molar-refractivity contribution in [3.05, 3.63) is 65.7 Å². The molecule has 0 radical (unpaired) electrons. The first-order valence-electron chi connectivity index (χ1n) is 8.25. The highest BCUT2D eigenvalue weighted by atomic mass is 16.7. The highest BCUT2D eigenvalue weighted by molar-refractivity contribution is 5.86. The van der Waals surface area contributed by atoms with Gasteiger partial charge in [0.2, 0.25) is 11.7 Å².